The van der Waals surface area contributed by atoms with Crippen LogP contribution in [0, 0.1) is 6.58 Å². The van der Waals surface area contributed by atoms with Crippen LogP contribution >= 0.6 is 23.2 Å². The number of halogens is 2. The molecule has 0 atom stereocenters. The number of hydrogen-bond acceptors (Lipinski definition) is 0. The Morgan fingerprint density at radius 3 is 1.40 bits per heavy atom. The van der Waals surface area contributed by atoms with E-state index in [0.29, 0.717) is 0 Å². The first-order valence-corrected chi connectivity index (χ1v) is 1.42. The zero-order valence-electron chi connectivity index (χ0n) is 2.83. The average Bonchev–Trinajstić information content (AvgIpc) is 0.811. The van der Waals surface area contributed by atoms with Crippen LogP contribution in [0.3, 0.4) is 0 Å². The van der Waals surface area contributed by atoms with E-state index >= 15 is 0 Å². The van der Waals surface area contributed by atoms with Gasteiger partial charge in [0.2, 0.25) is 0 Å². The molecule has 0 unspecified atom stereocenters. The van der Waals surface area contributed by atoms with Crippen molar-refractivity contribution < 1.29 is 18.9 Å². The van der Waals surface area contributed by atoms with Gasteiger partial charge in [-0.1, -0.05) is 4.49 Å². The smallest absolute Gasteiger partial charge is 0.482 e. The van der Waals surface area contributed by atoms with Gasteiger partial charge < -0.3 is 6.58 Å². The first kappa shape index (κ1) is 9.32. The monoisotopic (exact) mass is 102 g/mol. The normalized spacial score (nSPS) is 5.20. The molecule has 0 aliphatic heterocycles. The van der Waals surface area contributed by atoms with Crippen LogP contribution in [0.15, 0.2) is 4.49 Å². The summed E-state index contributed by atoms with van der Waals surface area (Å²) in [7, 11) is 0. The SMILES string of the molecule is [CH-]=C(Cl)Cl.[Li+]. The zero-order valence-corrected chi connectivity index (χ0v) is 4.35. The first-order chi connectivity index (χ1) is 1.73. The van der Waals surface area contributed by atoms with Gasteiger partial charge in [-0.3, -0.25) is 0 Å². The van der Waals surface area contributed by atoms with Crippen LogP contribution in [0.1, 0.15) is 0 Å². The maximum Gasteiger partial charge on any atom is 1.00 e. The summed E-state index contributed by atoms with van der Waals surface area (Å²) in [5, 5.41) is 0. The predicted octanol–water partition coefficient (Wildman–Crippen LogP) is -1.26. The van der Waals surface area contributed by atoms with Crippen LogP contribution in [0.2, 0.25) is 0 Å². The molecule has 0 aliphatic carbocycles. The van der Waals surface area contributed by atoms with E-state index in [1.165, 1.54) is 0 Å². The van der Waals surface area contributed by atoms with Gasteiger partial charge in [-0.25, -0.2) is 0 Å². The van der Waals surface area contributed by atoms with Crippen molar-refractivity contribution >= 4 is 23.2 Å². The van der Waals surface area contributed by atoms with E-state index in [1.54, 1.807) is 0 Å². The maximum absolute atomic E-state index is 4.73. The third-order valence-corrected chi connectivity index (χ3v) is 0. The minimum atomic E-state index is -0.139. The largest absolute Gasteiger partial charge is 1.00 e. The average molecular weight is 103 g/mol. The molecule has 0 nitrogen and oxygen atoms in total. The molecule has 0 saturated heterocycles. The van der Waals surface area contributed by atoms with Crippen LogP contribution in [0.25, 0.3) is 0 Å². The second kappa shape index (κ2) is 4.92. The molecule has 0 fully saturated rings. The van der Waals surface area contributed by atoms with E-state index in [1.807, 2.05) is 0 Å². The van der Waals surface area contributed by atoms with Crippen LogP contribution in [0.5, 0.6) is 0 Å². The molecule has 0 saturated carbocycles. The van der Waals surface area contributed by atoms with Crippen molar-refractivity contribution in [2.45, 2.75) is 0 Å². The second-order valence-electron chi connectivity index (χ2n) is 0.290. The van der Waals surface area contributed by atoms with E-state index in [9.17, 15) is 0 Å². The minimum absolute atomic E-state index is 0. The Hall–Kier alpha value is 0.917. The molecule has 0 amide bonds. The zero-order chi connectivity index (χ0) is 3.58. The third-order valence-electron chi connectivity index (χ3n) is 0. The van der Waals surface area contributed by atoms with E-state index in [0.717, 1.165) is 0 Å². The van der Waals surface area contributed by atoms with Crippen LogP contribution in [-0.2, 0) is 0 Å². The topological polar surface area (TPSA) is 0 Å². The molecule has 0 heterocycles. The summed E-state index contributed by atoms with van der Waals surface area (Å²) in [4.78, 5) is 0. The summed E-state index contributed by atoms with van der Waals surface area (Å²) in [6.45, 7) is 4.56. The van der Waals surface area contributed by atoms with Crippen molar-refractivity contribution in [3.63, 3.8) is 0 Å². The summed E-state index contributed by atoms with van der Waals surface area (Å²) in [6.07, 6.45) is 0. The minimum Gasteiger partial charge on any atom is -0.482 e. The summed E-state index contributed by atoms with van der Waals surface area (Å²) < 4.78 is -0.139. The summed E-state index contributed by atoms with van der Waals surface area (Å²) in [5.41, 5.74) is 0. The fourth-order valence-electron chi connectivity index (χ4n) is 0. The third kappa shape index (κ3) is 49.7. The molecule has 0 rings (SSSR count). The van der Waals surface area contributed by atoms with E-state index < -0.39 is 0 Å². The van der Waals surface area contributed by atoms with Gasteiger partial charge in [-0.2, -0.15) is 0 Å². The quantitative estimate of drug-likeness (QED) is 0.265. The Labute approximate surface area is 53.3 Å². The molecule has 0 spiro atoms. The van der Waals surface area contributed by atoms with Gasteiger partial charge in [-0.05, 0) is 0 Å². The number of hydrogen-bond donors (Lipinski definition) is 0. The van der Waals surface area contributed by atoms with Crippen molar-refractivity contribution in [1.29, 1.82) is 0 Å². The number of rotatable bonds is 0. The Morgan fingerprint density at radius 1 is 1.40 bits per heavy atom. The van der Waals surface area contributed by atoms with Crippen molar-refractivity contribution in [3.8, 4) is 0 Å². The van der Waals surface area contributed by atoms with E-state index in [4.69, 9.17) is 23.2 Å². The van der Waals surface area contributed by atoms with Gasteiger partial charge in [0.25, 0.3) is 0 Å². The molecule has 0 bridgehead atoms. The Kier molecular flexibility index (Phi) is 9.17. The van der Waals surface area contributed by atoms with Crippen LogP contribution in [0.4, 0.5) is 0 Å². The molecular weight excluding hydrogens is 102 g/mol. The molecule has 5 heavy (non-hydrogen) atoms. The van der Waals surface area contributed by atoms with Gasteiger partial charge in [0.1, 0.15) is 0 Å². The molecular formula is C2HCl2Li. The molecule has 0 N–H and O–H groups in total. The standard InChI is InChI=1S/C2HCl2.Li/c1-2(3)4;/h1H;/q-1;+1. The van der Waals surface area contributed by atoms with E-state index in [2.05, 4.69) is 6.58 Å². The Bertz CT molecular complexity index is 30.6. The summed E-state index contributed by atoms with van der Waals surface area (Å²) >= 11 is 9.47. The molecule has 24 valence electrons. The fraction of sp³-hybridized carbons (Fsp3) is 0. The second-order valence-corrected chi connectivity index (χ2v) is 1.30. The Morgan fingerprint density at radius 2 is 1.40 bits per heavy atom. The Balaban J connectivity index is 0. The fourth-order valence-corrected chi connectivity index (χ4v) is 0. The molecule has 3 heteroatoms. The predicted molar refractivity (Wildman–Crippen MR) is 19.5 cm³/mol. The van der Waals surface area contributed by atoms with Gasteiger partial charge in [0.05, 0.1) is 0 Å². The van der Waals surface area contributed by atoms with Crippen molar-refractivity contribution in [2.75, 3.05) is 0 Å². The molecule has 0 aromatic rings. The molecule has 0 aromatic heterocycles. The summed E-state index contributed by atoms with van der Waals surface area (Å²) in [5.74, 6) is 0. The van der Waals surface area contributed by atoms with Crippen LogP contribution in [-0.4, -0.2) is 0 Å². The first-order valence-electron chi connectivity index (χ1n) is 0.667. The van der Waals surface area contributed by atoms with Crippen molar-refractivity contribution in [2.24, 2.45) is 0 Å². The van der Waals surface area contributed by atoms with Gasteiger partial charge in [-0.15, -0.1) is 23.2 Å². The molecule has 0 aliphatic rings. The molecule has 0 radical (unpaired) electrons. The van der Waals surface area contributed by atoms with Gasteiger partial charge in [0, 0.05) is 0 Å². The van der Waals surface area contributed by atoms with Crippen molar-refractivity contribution in [3.05, 3.63) is 11.1 Å². The molecule has 0 aromatic carbocycles. The van der Waals surface area contributed by atoms with Crippen molar-refractivity contribution in [1.82, 2.24) is 0 Å². The van der Waals surface area contributed by atoms with Gasteiger partial charge in [0.15, 0.2) is 0 Å². The van der Waals surface area contributed by atoms with Crippen LogP contribution < -0.4 is 18.9 Å². The summed E-state index contributed by atoms with van der Waals surface area (Å²) in [6, 6.07) is 0. The van der Waals surface area contributed by atoms with E-state index in [-0.39, 0.29) is 23.4 Å². The maximum atomic E-state index is 4.73. The van der Waals surface area contributed by atoms with Gasteiger partial charge >= 0.3 is 18.9 Å².